The van der Waals surface area contributed by atoms with Crippen LogP contribution in [0.1, 0.15) is 23.2 Å². The Bertz CT molecular complexity index is 391. The maximum atomic E-state index is 12.0. The van der Waals surface area contributed by atoms with Crippen LogP contribution in [0.15, 0.2) is 6.20 Å². The fourth-order valence-electron chi connectivity index (χ4n) is 1.88. The molecule has 1 atom stereocenters. The van der Waals surface area contributed by atoms with Gasteiger partial charge < -0.3 is 10.6 Å². The number of carbonyl (C=O) groups excluding carboxylic acids is 1. The van der Waals surface area contributed by atoms with Crippen LogP contribution in [0.2, 0.25) is 0 Å². The molecule has 0 aromatic carbocycles. The second kappa shape index (κ2) is 7.28. The Labute approximate surface area is 124 Å². The van der Waals surface area contributed by atoms with E-state index in [1.54, 1.807) is 11.3 Å². The molecule has 1 saturated heterocycles. The molecule has 1 aliphatic heterocycles. The zero-order valence-electron chi connectivity index (χ0n) is 10.5. The predicted octanol–water partition coefficient (Wildman–Crippen LogP) is 1.91. The molecular formula is C11H19Cl2N3OS. The third-order valence-electron chi connectivity index (χ3n) is 3.01. The Morgan fingerprint density at radius 1 is 1.61 bits per heavy atom. The van der Waals surface area contributed by atoms with Gasteiger partial charge in [0.1, 0.15) is 0 Å². The molecule has 1 fully saturated rings. The van der Waals surface area contributed by atoms with Gasteiger partial charge in [-0.05, 0) is 26.8 Å². The summed E-state index contributed by atoms with van der Waals surface area (Å²) in [5, 5.41) is 7.25. The maximum Gasteiger partial charge on any atom is 0.227 e. The van der Waals surface area contributed by atoms with Crippen molar-refractivity contribution in [3.05, 3.63) is 16.1 Å². The molecule has 0 spiro atoms. The number of carbonyl (C=O) groups is 1. The summed E-state index contributed by atoms with van der Waals surface area (Å²) in [6.07, 6.45) is 2.75. The minimum absolute atomic E-state index is 0. The molecule has 0 saturated carbocycles. The highest BCUT2D eigenvalue weighted by molar-refractivity contribution is 7.11. The highest BCUT2D eigenvalue weighted by atomic mass is 35.5. The van der Waals surface area contributed by atoms with Crippen molar-refractivity contribution in [2.45, 2.75) is 26.8 Å². The molecule has 2 heterocycles. The number of hydrogen-bond donors (Lipinski definition) is 2. The van der Waals surface area contributed by atoms with E-state index in [-0.39, 0.29) is 36.1 Å². The van der Waals surface area contributed by atoms with Gasteiger partial charge in [0, 0.05) is 17.6 Å². The standard InChI is InChI=1S/C11H17N3OS.2ClH/c1-8-13-5-9(16-8)6-14-10(15)11(2)3-4-12-7-11;;/h5,12H,3-4,6-7H2,1-2H3,(H,14,15);2*1H. The van der Waals surface area contributed by atoms with Crippen LogP contribution in [0.4, 0.5) is 0 Å². The van der Waals surface area contributed by atoms with Crippen LogP contribution in [0.5, 0.6) is 0 Å². The van der Waals surface area contributed by atoms with Crippen LogP contribution in [-0.4, -0.2) is 24.0 Å². The van der Waals surface area contributed by atoms with E-state index in [2.05, 4.69) is 15.6 Å². The summed E-state index contributed by atoms with van der Waals surface area (Å²) in [5.74, 6) is 0.142. The zero-order valence-corrected chi connectivity index (χ0v) is 12.9. The van der Waals surface area contributed by atoms with E-state index in [1.807, 2.05) is 20.0 Å². The van der Waals surface area contributed by atoms with Crippen LogP contribution in [0.25, 0.3) is 0 Å². The number of aryl methyl sites for hydroxylation is 1. The summed E-state index contributed by atoms with van der Waals surface area (Å²) in [5.41, 5.74) is -0.236. The molecule has 1 aromatic rings. The molecule has 0 radical (unpaired) electrons. The molecule has 1 aliphatic rings. The van der Waals surface area contributed by atoms with E-state index in [0.29, 0.717) is 6.54 Å². The van der Waals surface area contributed by atoms with E-state index in [9.17, 15) is 4.79 Å². The molecule has 2 N–H and O–H groups in total. The normalized spacial score (nSPS) is 21.9. The fourth-order valence-corrected chi connectivity index (χ4v) is 2.61. The summed E-state index contributed by atoms with van der Waals surface area (Å²) < 4.78 is 0. The molecule has 18 heavy (non-hydrogen) atoms. The number of rotatable bonds is 3. The van der Waals surface area contributed by atoms with Crippen LogP contribution < -0.4 is 10.6 Å². The lowest BCUT2D eigenvalue weighted by atomic mass is 9.89. The molecule has 4 nitrogen and oxygen atoms in total. The first kappa shape index (κ1) is 17.6. The van der Waals surface area contributed by atoms with Gasteiger partial charge in [-0.3, -0.25) is 4.79 Å². The van der Waals surface area contributed by atoms with Crippen molar-refractivity contribution in [2.75, 3.05) is 13.1 Å². The van der Waals surface area contributed by atoms with Gasteiger partial charge in [0.25, 0.3) is 0 Å². The van der Waals surface area contributed by atoms with E-state index < -0.39 is 0 Å². The summed E-state index contributed by atoms with van der Waals surface area (Å²) in [4.78, 5) is 17.3. The number of aromatic nitrogens is 1. The number of hydrogen-bond acceptors (Lipinski definition) is 4. The number of nitrogens with zero attached hydrogens (tertiary/aromatic N) is 1. The van der Waals surface area contributed by atoms with E-state index in [0.717, 1.165) is 29.4 Å². The summed E-state index contributed by atoms with van der Waals surface area (Å²) in [6, 6.07) is 0. The first-order valence-corrected chi connectivity index (χ1v) is 6.32. The number of nitrogens with one attached hydrogen (secondary N) is 2. The van der Waals surface area contributed by atoms with Crippen LogP contribution in [0.3, 0.4) is 0 Å². The predicted molar refractivity (Wildman–Crippen MR) is 78.8 cm³/mol. The van der Waals surface area contributed by atoms with E-state index in [1.165, 1.54) is 0 Å². The highest BCUT2D eigenvalue weighted by Crippen LogP contribution is 2.24. The molecule has 2 rings (SSSR count). The average molecular weight is 312 g/mol. The molecule has 1 amide bonds. The van der Waals surface area contributed by atoms with Gasteiger partial charge in [0.2, 0.25) is 5.91 Å². The summed E-state index contributed by atoms with van der Waals surface area (Å²) >= 11 is 1.63. The Hall–Kier alpha value is -0.360. The van der Waals surface area contributed by atoms with Crippen molar-refractivity contribution in [1.29, 1.82) is 0 Å². The summed E-state index contributed by atoms with van der Waals surface area (Å²) in [6.45, 7) is 6.29. The number of halogens is 2. The lowest BCUT2D eigenvalue weighted by molar-refractivity contribution is -0.129. The minimum atomic E-state index is -0.236. The first-order chi connectivity index (χ1) is 7.60. The lowest BCUT2D eigenvalue weighted by Gasteiger charge is -2.21. The van der Waals surface area contributed by atoms with Crippen LogP contribution in [-0.2, 0) is 11.3 Å². The van der Waals surface area contributed by atoms with Crippen LogP contribution in [0, 0.1) is 12.3 Å². The number of thiazole rings is 1. The van der Waals surface area contributed by atoms with Crippen molar-refractivity contribution < 1.29 is 4.79 Å². The van der Waals surface area contributed by atoms with Crippen LogP contribution >= 0.6 is 36.2 Å². The molecule has 1 unspecified atom stereocenters. The highest BCUT2D eigenvalue weighted by Gasteiger charge is 2.35. The second-order valence-corrected chi connectivity index (χ2v) is 5.84. The third-order valence-corrected chi connectivity index (χ3v) is 3.92. The second-order valence-electron chi connectivity index (χ2n) is 4.52. The number of amides is 1. The van der Waals surface area contributed by atoms with Crippen molar-refractivity contribution >= 4 is 42.1 Å². The molecule has 7 heteroatoms. The molecule has 0 aliphatic carbocycles. The van der Waals surface area contributed by atoms with Gasteiger partial charge in [0.15, 0.2) is 0 Å². The van der Waals surface area contributed by atoms with E-state index >= 15 is 0 Å². The lowest BCUT2D eigenvalue weighted by Crippen LogP contribution is -2.39. The first-order valence-electron chi connectivity index (χ1n) is 5.50. The topological polar surface area (TPSA) is 54.0 Å². The smallest absolute Gasteiger partial charge is 0.227 e. The SMILES string of the molecule is Cc1ncc(CNC(=O)C2(C)CCNC2)s1.Cl.Cl. The van der Waals surface area contributed by atoms with Gasteiger partial charge >= 0.3 is 0 Å². The summed E-state index contributed by atoms with van der Waals surface area (Å²) in [7, 11) is 0. The quantitative estimate of drug-likeness (QED) is 0.896. The molecule has 104 valence electrons. The third kappa shape index (κ3) is 4.09. The van der Waals surface area contributed by atoms with Gasteiger partial charge in [-0.2, -0.15) is 0 Å². The van der Waals surface area contributed by atoms with Gasteiger partial charge in [-0.15, -0.1) is 36.2 Å². The van der Waals surface area contributed by atoms with Crippen molar-refractivity contribution in [3.8, 4) is 0 Å². The minimum Gasteiger partial charge on any atom is -0.351 e. The molecule has 1 aromatic heterocycles. The zero-order chi connectivity index (χ0) is 11.6. The van der Waals surface area contributed by atoms with Crippen molar-refractivity contribution in [2.24, 2.45) is 5.41 Å². The van der Waals surface area contributed by atoms with Gasteiger partial charge in [-0.25, -0.2) is 4.98 Å². The fraction of sp³-hybridized carbons (Fsp3) is 0.636. The molecular weight excluding hydrogens is 293 g/mol. The van der Waals surface area contributed by atoms with Crippen molar-refractivity contribution in [3.63, 3.8) is 0 Å². The monoisotopic (exact) mass is 311 g/mol. The van der Waals surface area contributed by atoms with Gasteiger partial charge in [0.05, 0.1) is 17.0 Å². The average Bonchev–Trinajstić information content (AvgIpc) is 2.85. The largest absolute Gasteiger partial charge is 0.351 e. The maximum absolute atomic E-state index is 12.0. The van der Waals surface area contributed by atoms with Gasteiger partial charge in [-0.1, -0.05) is 0 Å². The Kier molecular flexibility index (Phi) is 7.14. The Balaban J connectivity index is 0.00000144. The van der Waals surface area contributed by atoms with Crippen molar-refractivity contribution in [1.82, 2.24) is 15.6 Å². The Morgan fingerprint density at radius 3 is 2.83 bits per heavy atom. The molecule has 0 bridgehead atoms. The van der Waals surface area contributed by atoms with E-state index in [4.69, 9.17) is 0 Å². The Morgan fingerprint density at radius 2 is 2.33 bits per heavy atom.